The quantitative estimate of drug-likeness (QED) is 0.869. The van der Waals surface area contributed by atoms with Crippen molar-refractivity contribution in [2.24, 2.45) is 0 Å². The minimum Gasteiger partial charge on any atom is -0.353 e. The molecule has 0 bridgehead atoms. The first kappa shape index (κ1) is 12.4. The van der Waals surface area contributed by atoms with E-state index in [4.69, 9.17) is 16.9 Å². The third kappa shape index (κ3) is 2.61. The zero-order valence-corrected chi connectivity index (χ0v) is 10.4. The molecule has 2 nitrogen and oxygen atoms in total. The van der Waals surface area contributed by atoms with Gasteiger partial charge in [0.05, 0.1) is 22.0 Å². The number of rotatable bonds is 2. The van der Waals surface area contributed by atoms with E-state index in [0.29, 0.717) is 16.4 Å². The lowest BCUT2D eigenvalue weighted by atomic mass is 10.1. The SMILES string of the molecule is Cc1ccc(Cl)c(Nc2ccc(F)cc2C#N)c1. The highest BCUT2D eigenvalue weighted by molar-refractivity contribution is 6.33. The number of hydrogen-bond acceptors (Lipinski definition) is 2. The van der Waals surface area contributed by atoms with Crippen molar-refractivity contribution in [2.45, 2.75) is 6.92 Å². The van der Waals surface area contributed by atoms with Crippen molar-refractivity contribution < 1.29 is 4.39 Å². The molecule has 2 aromatic rings. The lowest BCUT2D eigenvalue weighted by Gasteiger charge is -2.10. The summed E-state index contributed by atoms with van der Waals surface area (Å²) in [5, 5.41) is 12.5. The van der Waals surface area contributed by atoms with Crippen molar-refractivity contribution in [3.05, 3.63) is 58.4 Å². The second kappa shape index (κ2) is 5.07. The maximum absolute atomic E-state index is 13.0. The standard InChI is InChI=1S/C14H10ClFN2/c1-9-2-4-12(15)14(6-9)18-13-5-3-11(16)7-10(13)8-17/h2-7,18H,1H3. The fraction of sp³-hybridized carbons (Fsp3) is 0.0714. The van der Waals surface area contributed by atoms with Crippen molar-refractivity contribution in [2.75, 3.05) is 5.32 Å². The molecule has 0 saturated carbocycles. The molecular formula is C14H10ClFN2. The maximum atomic E-state index is 13.0. The van der Waals surface area contributed by atoms with Gasteiger partial charge >= 0.3 is 0 Å². The van der Waals surface area contributed by atoms with E-state index >= 15 is 0 Å². The van der Waals surface area contributed by atoms with E-state index in [9.17, 15) is 4.39 Å². The smallest absolute Gasteiger partial charge is 0.124 e. The molecule has 0 aromatic heterocycles. The van der Waals surface area contributed by atoms with Crippen LogP contribution in [0.25, 0.3) is 0 Å². The molecule has 0 spiro atoms. The van der Waals surface area contributed by atoms with Crippen LogP contribution in [0, 0.1) is 24.1 Å². The van der Waals surface area contributed by atoms with Crippen LogP contribution >= 0.6 is 11.6 Å². The highest BCUT2D eigenvalue weighted by atomic mass is 35.5. The highest BCUT2D eigenvalue weighted by Gasteiger charge is 2.06. The van der Waals surface area contributed by atoms with E-state index in [-0.39, 0.29) is 5.56 Å². The monoisotopic (exact) mass is 260 g/mol. The van der Waals surface area contributed by atoms with Gasteiger partial charge in [0.2, 0.25) is 0 Å². The van der Waals surface area contributed by atoms with Gasteiger partial charge < -0.3 is 5.32 Å². The van der Waals surface area contributed by atoms with Gasteiger partial charge in [0, 0.05) is 0 Å². The molecule has 0 heterocycles. The molecule has 0 aliphatic rings. The van der Waals surface area contributed by atoms with Crippen LogP contribution in [0.1, 0.15) is 11.1 Å². The topological polar surface area (TPSA) is 35.8 Å². The van der Waals surface area contributed by atoms with Crippen molar-refractivity contribution in [1.82, 2.24) is 0 Å². The van der Waals surface area contributed by atoms with Gasteiger partial charge in [-0.1, -0.05) is 17.7 Å². The molecule has 0 radical (unpaired) electrons. The molecule has 0 aliphatic heterocycles. The predicted molar refractivity (Wildman–Crippen MR) is 70.6 cm³/mol. The molecule has 0 unspecified atom stereocenters. The van der Waals surface area contributed by atoms with E-state index in [0.717, 1.165) is 5.56 Å². The summed E-state index contributed by atoms with van der Waals surface area (Å²) in [6.07, 6.45) is 0. The zero-order chi connectivity index (χ0) is 13.1. The van der Waals surface area contributed by atoms with Crippen molar-refractivity contribution in [3.63, 3.8) is 0 Å². The van der Waals surface area contributed by atoms with Crippen LogP contribution in [0.5, 0.6) is 0 Å². The van der Waals surface area contributed by atoms with Crippen LogP contribution in [0.3, 0.4) is 0 Å². The molecule has 4 heteroatoms. The molecule has 0 fully saturated rings. The first-order valence-electron chi connectivity index (χ1n) is 5.33. The largest absolute Gasteiger partial charge is 0.353 e. The number of benzene rings is 2. The highest BCUT2D eigenvalue weighted by Crippen LogP contribution is 2.28. The molecule has 2 rings (SSSR count). The molecule has 2 aromatic carbocycles. The summed E-state index contributed by atoms with van der Waals surface area (Å²) in [5.74, 6) is -0.438. The molecule has 90 valence electrons. The molecule has 0 atom stereocenters. The summed E-state index contributed by atoms with van der Waals surface area (Å²) < 4.78 is 13.0. The fourth-order valence-electron chi connectivity index (χ4n) is 1.60. The molecule has 0 aliphatic carbocycles. The summed E-state index contributed by atoms with van der Waals surface area (Å²) in [6.45, 7) is 1.94. The average molecular weight is 261 g/mol. The van der Waals surface area contributed by atoms with E-state index < -0.39 is 5.82 Å². The molecule has 0 saturated heterocycles. The van der Waals surface area contributed by atoms with E-state index in [2.05, 4.69) is 5.32 Å². The Hall–Kier alpha value is -2.05. The lowest BCUT2D eigenvalue weighted by molar-refractivity contribution is 0.627. The molecule has 18 heavy (non-hydrogen) atoms. The van der Waals surface area contributed by atoms with Crippen molar-refractivity contribution >= 4 is 23.0 Å². The molecular weight excluding hydrogens is 251 g/mol. The first-order valence-corrected chi connectivity index (χ1v) is 5.71. The van der Waals surface area contributed by atoms with Gasteiger partial charge in [-0.3, -0.25) is 0 Å². The summed E-state index contributed by atoms with van der Waals surface area (Å²) in [5.41, 5.74) is 2.52. The van der Waals surface area contributed by atoms with E-state index in [1.807, 2.05) is 25.1 Å². The van der Waals surface area contributed by atoms with Crippen molar-refractivity contribution in [3.8, 4) is 6.07 Å². The number of nitrogens with zero attached hydrogens (tertiary/aromatic N) is 1. The summed E-state index contributed by atoms with van der Waals surface area (Å²) in [4.78, 5) is 0. The average Bonchev–Trinajstić information content (AvgIpc) is 2.36. The fourth-order valence-corrected chi connectivity index (χ4v) is 1.76. The Bertz CT molecular complexity index is 632. The Morgan fingerprint density at radius 2 is 1.94 bits per heavy atom. The maximum Gasteiger partial charge on any atom is 0.124 e. The van der Waals surface area contributed by atoms with Gasteiger partial charge in [0.1, 0.15) is 11.9 Å². The van der Waals surface area contributed by atoms with Crippen LogP contribution in [0.4, 0.5) is 15.8 Å². The van der Waals surface area contributed by atoms with Crippen LogP contribution in [-0.4, -0.2) is 0 Å². The van der Waals surface area contributed by atoms with E-state index in [1.54, 1.807) is 6.07 Å². The van der Waals surface area contributed by atoms with Gasteiger partial charge in [0.25, 0.3) is 0 Å². The van der Waals surface area contributed by atoms with Gasteiger partial charge in [-0.05, 0) is 42.8 Å². The summed E-state index contributed by atoms with van der Waals surface area (Å²) in [6, 6.07) is 11.5. The van der Waals surface area contributed by atoms with Crippen LogP contribution < -0.4 is 5.32 Å². The molecule has 1 N–H and O–H groups in total. The van der Waals surface area contributed by atoms with Crippen LogP contribution in [0.15, 0.2) is 36.4 Å². The second-order valence-electron chi connectivity index (χ2n) is 3.91. The Kier molecular flexibility index (Phi) is 3.50. The summed E-state index contributed by atoms with van der Waals surface area (Å²) in [7, 11) is 0. The number of anilines is 2. The molecule has 0 amide bonds. The minimum absolute atomic E-state index is 0.243. The number of nitrogens with one attached hydrogen (secondary N) is 1. The first-order chi connectivity index (χ1) is 8.60. The van der Waals surface area contributed by atoms with Crippen molar-refractivity contribution in [1.29, 1.82) is 5.26 Å². The minimum atomic E-state index is -0.438. The number of halogens is 2. The Balaban J connectivity index is 2.40. The normalized spacial score (nSPS) is 9.89. The Morgan fingerprint density at radius 3 is 2.67 bits per heavy atom. The van der Waals surface area contributed by atoms with Crippen LogP contribution in [-0.2, 0) is 0 Å². The number of hydrogen-bond donors (Lipinski definition) is 1. The second-order valence-corrected chi connectivity index (χ2v) is 4.32. The third-order valence-electron chi connectivity index (χ3n) is 2.49. The van der Waals surface area contributed by atoms with Crippen LogP contribution in [0.2, 0.25) is 5.02 Å². The van der Waals surface area contributed by atoms with Gasteiger partial charge in [-0.25, -0.2) is 4.39 Å². The third-order valence-corrected chi connectivity index (χ3v) is 2.82. The predicted octanol–water partition coefficient (Wildman–Crippen LogP) is 4.40. The van der Waals surface area contributed by atoms with Gasteiger partial charge in [-0.2, -0.15) is 5.26 Å². The zero-order valence-electron chi connectivity index (χ0n) is 9.67. The summed E-state index contributed by atoms with van der Waals surface area (Å²) >= 11 is 6.05. The Morgan fingerprint density at radius 1 is 1.17 bits per heavy atom. The number of nitriles is 1. The van der Waals surface area contributed by atoms with E-state index in [1.165, 1.54) is 18.2 Å². The van der Waals surface area contributed by atoms with Gasteiger partial charge in [-0.15, -0.1) is 0 Å². The number of aryl methyl sites for hydroxylation is 1. The van der Waals surface area contributed by atoms with Gasteiger partial charge in [0.15, 0.2) is 0 Å². The lowest BCUT2D eigenvalue weighted by Crippen LogP contribution is -1.95. The Labute approximate surface area is 110 Å².